The zero-order valence-corrected chi connectivity index (χ0v) is 8.47. The lowest BCUT2D eigenvalue weighted by Gasteiger charge is -2.00. The highest BCUT2D eigenvalue weighted by molar-refractivity contribution is 7.98. The van der Waals surface area contributed by atoms with Gasteiger partial charge in [-0.1, -0.05) is 0 Å². The Morgan fingerprint density at radius 3 is 2.44 bits per heavy atom. The number of carbonyl (C=O) groups is 1. The van der Waals surface area contributed by atoms with Gasteiger partial charge in [0.2, 0.25) is 6.41 Å². The van der Waals surface area contributed by atoms with Crippen LogP contribution in [-0.4, -0.2) is 16.3 Å². The molecule has 0 unspecified atom stereocenters. The second kappa shape index (κ2) is 5.07. The van der Waals surface area contributed by atoms with E-state index in [9.17, 15) is 25.0 Å². The van der Waals surface area contributed by atoms with Gasteiger partial charge in [0.25, 0.3) is 11.4 Å². The summed E-state index contributed by atoms with van der Waals surface area (Å²) in [7, 11) is 0. The molecule has 0 fully saturated rings. The maximum atomic E-state index is 10.6. The molecule has 0 bridgehead atoms. The van der Waals surface area contributed by atoms with E-state index in [1.165, 1.54) is 6.07 Å². The minimum Gasteiger partial charge on any atom is -0.298 e. The number of carbonyl (C=O) groups excluding carboxylic acids is 1. The Hall–Kier alpha value is -2.16. The third-order valence-electron chi connectivity index (χ3n) is 1.57. The number of nitro benzene ring substituents is 2. The summed E-state index contributed by atoms with van der Waals surface area (Å²) >= 11 is 0.713. The number of non-ortho nitro benzene ring substituents is 1. The maximum absolute atomic E-state index is 10.6. The highest BCUT2D eigenvalue weighted by atomic mass is 32.2. The number of nitro groups is 2. The second-order valence-corrected chi connectivity index (χ2v) is 3.38. The molecular formula is C7H5N3O5S. The highest BCUT2D eigenvalue weighted by Gasteiger charge is 2.19. The molecule has 0 aliphatic rings. The van der Waals surface area contributed by atoms with Gasteiger partial charge in [-0.25, -0.2) is 0 Å². The molecule has 0 radical (unpaired) electrons. The minimum atomic E-state index is -0.748. The molecule has 0 spiro atoms. The van der Waals surface area contributed by atoms with Crippen LogP contribution < -0.4 is 4.72 Å². The van der Waals surface area contributed by atoms with Crippen LogP contribution in [0, 0.1) is 20.2 Å². The Morgan fingerprint density at radius 1 is 1.25 bits per heavy atom. The Balaban J connectivity index is 3.13. The lowest BCUT2D eigenvalue weighted by atomic mass is 10.3. The van der Waals surface area contributed by atoms with Crippen molar-refractivity contribution in [3.63, 3.8) is 0 Å². The van der Waals surface area contributed by atoms with Crippen LogP contribution in [0.3, 0.4) is 0 Å². The van der Waals surface area contributed by atoms with Crippen molar-refractivity contribution in [1.29, 1.82) is 0 Å². The summed E-state index contributed by atoms with van der Waals surface area (Å²) in [4.78, 5) is 29.7. The van der Waals surface area contributed by atoms with Gasteiger partial charge in [-0.15, -0.1) is 0 Å². The summed E-state index contributed by atoms with van der Waals surface area (Å²) in [6, 6.07) is 3.17. The molecule has 1 aromatic carbocycles. The molecule has 0 saturated heterocycles. The van der Waals surface area contributed by atoms with E-state index in [4.69, 9.17) is 0 Å². The number of amides is 1. The maximum Gasteiger partial charge on any atom is 0.291 e. The van der Waals surface area contributed by atoms with E-state index in [0.717, 1.165) is 12.1 Å². The summed E-state index contributed by atoms with van der Waals surface area (Å²) in [5, 5.41) is 21.0. The number of hydrogen-bond acceptors (Lipinski definition) is 6. The number of rotatable bonds is 5. The van der Waals surface area contributed by atoms with Gasteiger partial charge in [-0.05, 0) is 18.0 Å². The predicted octanol–water partition coefficient (Wildman–Crippen LogP) is 1.26. The molecule has 0 atom stereocenters. The Bertz CT molecular complexity index is 450. The molecule has 9 heteroatoms. The molecule has 1 amide bonds. The quantitative estimate of drug-likeness (QED) is 0.360. The largest absolute Gasteiger partial charge is 0.298 e. The van der Waals surface area contributed by atoms with Gasteiger partial charge < -0.3 is 0 Å². The smallest absolute Gasteiger partial charge is 0.291 e. The number of benzene rings is 1. The van der Waals surface area contributed by atoms with Crippen molar-refractivity contribution in [2.75, 3.05) is 0 Å². The molecule has 0 aliphatic carbocycles. The normalized spacial score (nSPS) is 9.50. The molecule has 0 saturated carbocycles. The number of nitrogens with zero attached hydrogens (tertiary/aromatic N) is 2. The van der Waals surface area contributed by atoms with Crippen molar-refractivity contribution in [3.05, 3.63) is 38.4 Å². The number of nitrogens with one attached hydrogen (secondary N) is 1. The van der Waals surface area contributed by atoms with E-state index in [1.807, 2.05) is 0 Å². The van der Waals surface area contributed by atoms with Crippen molar-refractivity contribution < 1.29 is 14.6 Å². The summed E-state index contributed by atoms with van der Waals surface area (Å²) in [6.45, 7) is 0. The first kappa shape index (κ1) is 11.9. The van der Waals surface area contributed by atoms with Crippen LogP contribution in [0.5, 0.6) is 0 Å². The number of hydrogen-bond donors (Lipinski definition) is 1. The molecule has 1 aromatic rings. The predicted molar refractivity (Wildman–Crippen MR) is 54.8 cm³/mol. The van der Waals surface area contributed by atoms with E-state index < -0.39 is 15.5 Å². The van der Waals surface area contributed by atoms with Crippen LogP contribution in [0.15, 0.2) is 23.1 Å². The van der Waals surface area contributed by atoms with E-state index in [2.05, 4.69) is 4.72 Å². The van der Waals surface area contributed by atoms with Crippen molar-refractivity contribution in [2.24, 2.45) is 0 Å². The summed E-state index contributed by atoms with van der Waals surface area (Å²) in [5.74, 6) is 0. The van der Waals surface area contributed by atoms with Gasteiger partial charge in [0.1, 0.15) is 4.90 Å². The Morgan fingerprint density at radius 2 is 1.94 bits per heavy atom. The first-order valence-corrected chi connectivity index (χ1v) is 4.66. The van der Waals surface area contributed by atoms with Crippen molar-refractivity contribution in [1.82, 2.24) is 4.72 Å². The average molecular weight is 243 g/mol. The molecule has 0 aliphatic heterocycles. The van der Waals surface area contributed by atoms with Crippen LogP contribution in [0.25, 0.3) is 0 Å². The Labute approximate surface area is 93.1 Å². The molecule has 0 heterocycles. The van der Waals surface area contributed by atoms with Crippen LogP contribution in [-0.2, 0) is 4.79 Å². The van der Waals surface area contributed by atoms with E-state index in [1.54, 1.807) is 0 Å². The molecule has 1 N–H and O–H groups in total. The van der Waals surface area contributed by atoms with Crippen molar-refractivity contribution >= 4 is 29.7 Å². The first-order valence-electron chi connectivity index (χ1n) is 3.85. The van der Waals surface area contributed by atoms with E-state index in [-0.39, 0.29) is 10.6 Å². The zero-order chi connectivity index (χ0) is 12.1. The first-order chi connectivity index (χ1) is 7.56. The van der Waals surface area contributed by atoms with E-state index in [0.29, 0.717) is 18.4 Å². The fourth-order valence-electron chi connectivity index (χ4n) is 0.936. The highest BCUT2D eigenvalue weighted by Crippen LogP contribution is 2.30. The fraction of sp³-hybridized carbons (Fsp3) is 0. The fourth-order valence-corrected chi connectivity index (χ4v) is 1.49. The van der Waals surface area contributed by atoms with Crippen LogP contribution >= 0.6 is 11.9 Å². The Kier molecular flexibility index (Phi) is 3.78. The lowest BCUT2D eigenvalue weighted by molar-refractivity contribution is -0.396. The lowest BCUT2D eigenvalue weighted by Crippen LogP contribution is -2.00. The minimum absolute atomic E-state index is 0.128. The van der Waals surface area contributed by atoms with Gasteiger partial charge in [0, 0.05) is 6.07 Å². The van der Waals surface area contributed by atoms with Gasteiger partial charge in [-0.2, -0.15) is 0 Å². The molecule has 0 aromatic heterocycles. The molecule has 16 heavy (non-hydrogen) atoms. The van der Waals surface area contributed by atoms with Gasteiger partial charge in [0.05, 0.1) is 15.9 Å². The van der Waals surface area contributed by atoms with E-state index >= 15 is 0 Å². The van der Waals surface area contributed by atoms with Crippen LogP contribution in [0.2, 0.25) is 0 Å². The van der Waals surface area contributed by atoms with Crippen LogP contribution in [0.1, 0.15) is 0 Å². The second-order valence-electron chi connectivity index (χ2n) is 2.50. The molecule has 8 nitrogen and oxygen atoms in total. The van der Waals surface area contributed by atoms with Crippen molar-refractivity contribution in [2.45, 2.75) is 4.90 Å². The SMILES string of the molecule is O=CNSc1ccc([N+](=O)[O-])cc1[N+](=O)[O-]. The molecule has 1 rings (SSSR count). The van der Waals surface area contributed by atoms with Crippen molar-refractivity contribution in [3.8, 4) is 0 Å². The zero-order valence-electron chi connectivity index (χ0n) is 7.65. The molecular weight excluding hydrogens is 238 g/mol. The molecule has 84 valence electrons. The van der Waals surface area contributed by atoms with Gasteiger partial charge in [0.15, 0.2) is 0 Å². The third kappa shape index (κ3) is 2.67. The topological polar surface area (TPSA) is 115 Å². The summed E-state index contributed by atoms with van der Waals surface area (Å²) in [6.07, 6.45) is 0.357. The average Bonchev–Trinajstić information content (AvgIpc) is 2.25. The van der Waals surface area contributed by atoms with Gasteiger partial charge >= 0.3 is 0 Å². The van der Waals surface area contributed by atoms with Gasteiger partial charge in [-0.3, -0.25) is 29.7 Å². The monoisotopic (exact) mass is 243 g/mol. The van der Waals surface area contributed by atoms with Crippen LogP contribution in [0.4, 0.5) is 11.4 Å². The summed E-state index contributed by atoms with van der Waals surface area (Å²) < 4.78 is 2.17. The summed E-state index contributed by atoms with van der Waals surface area (Å²) in [5.41, 5.74) is -0.796. The third-order valence-corrected chi connectivity index (χ3v) is 2.35. The standard InChI is InChI=1S/C7H5N3O5S/c11-4-8-16-7-2-1-5(9(12)13)3-6(7)10(14)15/h1-4H,(H,8,11).